The third-order valence-electron chi connectivity index (χ3n) is 3.43. The van der Waals surface area contributed by atoms with Crippen LogP contribution in [0.5, 0.6) is 0 Å². The molecule has 0 N–H and O–H groups in total. The van der Waals surface area contributed by atoms with E-state index in [-0.39, 0.29) is 0 Å². The van der Waals surface area contributed by atoms with Crippen molar-refractivity contribution in [3.05, 3.63) is 54.1 Å². The lowest BCUT2D eigenvalue weighted by Crippen LogP contribution is -2.56. The molecular formula is C17H20F2O3Si. The standard InChI is InChI=1S/C17H20F2O3Si/c1-4-21-23(20-3,22-5-2)15-9-6-13(7-10-15)14-8-11-16(18)17(19)12-14/h6-12H,4-5H2,1-3H3. The molecule has 0 radical (unpaired) electrons. The first-order valence-corrected chi connectivity index (χ1v) is 9.17. The molecule has 2 rings (SSSR count). The van der Waals surface area contributed by atoms with Gasteiger partial charge in [-0.05, 0) is 37.1 Å². The minimum absolute atomic E-state index is 0.477. The van der Waals surface area contributed by atoms with Gasteiger partial charge in [0.05, 0.1) is 0 Å². The molecule has 0 bridgehead atoms. The summed E-state index contributed by atoms with van der Waals surface area (Å²) in [5.41, 5.74) is 1.38. The molecule has 0 aromatic heterocycles. The van der Waals surface area contributed by atoms with E-state index in [9.17, 15) is 8.78 Å². The lowest BCUT2D eigenvalue weighted by atomic mass is 10.1. The van der Waals surface area contributed by atoms with Crippen molar-refractivity contribution in [1.29, 1.82) is 0 Å². The Bertz CT molecular complexity index is 641. The monoisotopic (exact) mass is 338 g/mol. The normalized spacial score (nSPS) is 11.7. The molecule has 0 saturated heterocycles. The molecule has 0 fully saturated rings. The van der Waals surface area contributed by atoms with Crippen molar-refractivity contribution in [3.8, 4) is 11.1 Å². The van der Waals surface area contributed by atoms with Crippen LogP contribution in [-0.2, 0) is 13.3 Å². The van der Waals surface area contributed by atoms with Crippen LogP contribution in [0.25, 0.3) is 11.1 Å². The highest BCUT2D eigenvalue weighted by molar-refractivity contribution is 6.75. The number of benzene rings is 2. The predicted octanol–water partition coefficient (Wildman–Crippen LogP) is 3.50. The molecule has 124 valence electrons. The van der Waals surface area contributed by atoms with Gasteiger partial charge >= 0.3 is 8.80 Å². The van der Waals surface area contributed by atoms with Crippen LogP contribution in [-0.4, -0.2) is 29.1 Å². The first-order valence-electron chi connectivity index (χ1n) is 7.45. The molecule has 0 heterocycles. The zero-order chi connectivity index (χ0) is 16.9. The van der Waals surface area contributed by atoms with Crippen LogP contribution < -0.4 is 5.19 Å². The minimum atomic E-state index is -2.92. The van der Waals surface area contributed by atoms with Crippen molar-refractivity contribution < 1.29 is 22.1 Å². The van der Waals surface area contributed by atoms with Crippen LogP contribution in [0, 0.1) is 11.6 Å². The summed E-state index contributed by atoms with van der Waals surface area (Å²) in [7, 11) is -1.35. The number of halogens is 2. The molecule has 23 heavy (non-hydrogen) atoms. The van der Waals surface area contributed by atoms with Crippen molar-refractivity contribution in [1.82, 2.24) is 0 Å². The van der Waals surface area contributed by atoms with Gasteiger partial charge in [0, 0.05) is 25.5 Å². The van der Waals surface area contributed by atoms with Gasteiger partial charge in [0.15, 0.2) is 11.6 Å². The molecule has 2 aromatic carbocycles. The fourth-order valence-corrected chi connectivity index (χ4v) is 4.59. The molecule has 3 nitrogen and oxygen atoms in total. The fourth-order valence-electron chi connectivity index (χ4n) is 2.37. The second-order valence-corrected chi connectivity index (χ2v) is 7.51. The van der Waals surface area contributed by atoms with Gasteiger partial charge in [-0.25, -0.2) is 8.78 Å². The summed E-state index contributed by atoms with van der Waals surface area (Å²) in [5, 5.41) is 0.829. The highest BCUT2D eigenvalue weighted by Gasteiger charge is 2.42. The zero-order valence-corrected chi connectivity index (χ0v) is 14.4. The molecular weight excluding hydrogens is 318 g/mol. The van der Waals surface area contributed by atoms with Gasteiger partial charge in [0.25, 0.3) is 0 Å². The van der Waals surface area contributed by atoms with E-state index in [0.29, 0.717) is 18.8 Å². The van der Waals surface area contributed by atoms with E-state index in [1.165, 1.54) is 6.07 Å². The minimum Gasteiger partial charge on any atom is -0.373 e. The average Bonchev–Trinajstić information content (AvgIpc) is 2.57. The van der Waals surface area contributed by atoms with Gasteiger partial charge < -0.3 is 13.3 Å². The molecule has 0 aliphatic carbocycles. The van der Waals surface area contributed by atoms with E-state index >= 15 is 0 Å². The molecule has 0 aliphatic heterocycles. The van der Waals surface area contributed by atoms with Gasteiger partial charge in [-0.15, -0.1) is 0 Å². The third-order valence-corrected chi connectivity index (χ3v) is 6.34. The quantitative estimate of drug-likeness (QED) is 0.723. The molecule has 0 spiro atoms. The largest absolute Gasteiger partial charge is 0.536 e. The molecule has 2 aromatic rings. The Morgan fingerprint density at radius 1 is 0.826 bits per heavy atom. The topological polar surface area (TPSA) is 27.7 Å². The predicted molar refractivity (Wildman–Crippen MR) is 87.4 cm³/mol. The lowest BCUT2D eigenvalue weighted by molar-refractivity contribution is 0.102. The second kappa shape index (κ2) is 7.78. The van der Waals surface area contributed by atoms with Crippen molar-refractivity contribution in [2.75, 3.05) is 20.3 Å². The van der Waals surface area contributed by atoms with Crippen LogP contribution in [0.1, 0.15) is 13.8 Å². The van der Waals surface area contributed by atoms with E-state index < -0.39 is 20.4 Å². The SMILES string of the molecule is CCO[Si](OC)(OCC)c1ccc(-c2ccc(F)c(F)c2)cc1. The maximum atomic E-state index is 13.4. The van der Waals surface area contributed by atoms with E-state index in [4.69, 9.17) is 13.3 Å². The first kappa shape index (κ1) is 17.7. The van der Waals surface area contributed by atoms with Crippen molar-refractivity contribution in [2.24, 2.45) is 0 Å². The Labute approximate surface area is 136 Å². The summed E-state index contributed by atoms with van der Waals surface area (Å²) in [6.45, 7) is 4.72. The summed E-state index contributed by atoms with van der Waals surface area (Å²) in [6.07, 6.45) is 0. The fraction of sp³-hybridized carbons (Fsp3) is 0.294. The molecule has 0 saturated carbocycles. The summed E-state index contributed by atoms with van der Waals surface area (Å²) in [6, 6.07) is 11.2. The third kappa shape index (κ3) is 3.84. The van der Waals surface area contributed by atoms with E-state index in [2.05, 4.69) is 0 Å². The van der Waals surface area contributed by atoms with Crippen LogP contribution in [0.2, 0.25) is 0 Å². The Morgan fingerprint density at radius 3 is 1.87 bits per heavy atom. The van der Waals surface area contributed by atoms with Gasteiger partial charge in [0.1, 0.15) is 0 Å². The van der Waals surface area contributed by atoms with Gasteiger partial charge in [0.2, 0.25) is 0 Å². The Morgan fingerprint density at radius 2 is 1.39 bits per heavy atom. The van der Waals surface area contributed by atoms with Crippen LogP contribution in [0.4, 0.5) is 8.78 Å². The molecule has 0 aliphatic rings. The second-order valence-electron chi connectivity index (χ2n) is 4.83. The maximum absolute atomic E-state index is 13.4. The summed E-state index contributed by atoms with van der Waals surface area (Å²) < 4.78 is 43.5. The van der Waals surface area contributed by atoms with Crippen LogP contribution in [0.3, 0.4) is 0 Å². The highest BCUT2D eigenvalue weighted by atomic mass is 28.4. The Kier molecular flexibility index (Phi) is 6.01. The molecule has 0 amide bonds. The summed E-state index contributed by atoms with van der Waals surface area (Å²) in [4.78, 5) is 0. The molecule has 0 atom stereocenters. The Hall–Kier alpha value is -1.60. The van der Waals surface area contributed by atoms with Crippen molar-refractivity contribution in [3.63, 3.8) is 0 Å². The van der Waals surface area contributed by atoms with Gasteiger partial charge in [-0.1, -0.05) is 30.3 Å². The van der Waals surface area contributed by atoms with Crippen molar-refractivity contribution >= 4 is 14.0 Å². The molecule has 0 unspecified atom stereocenters. The molecule has 6 heteroatoms. The highest BCUT2D eigenvalue weighted by Crippen LogP contribution is 2.21. The zero-order valence-electron chi connectivity index (χ0n) is 13.4. The lowest BCUT2D eigenvalue weighted by Gasteiger charge is -2.27. The van der Waals surface area contributed by atoms with Crippen LogP contribution >= 0.6 is 0 Å². The smallest absolute Gasteiger partial charge is 0.373 e. The first-order chi connectivity index (χ1) is 11.1. The number of rotatable bonds is 7. The van der Waals surface area contributed by atoms with Crippen LogP contribution in [0.15, 0.2) is 42.5 Å². The average molecular weight is 338 g/mol. The van der Waals surface area contributed by atoms with E-state index in [1.807, 2.05) is 38.1 Å². The summed E-state index contributed by atoms with van der Waals surface area (Å²) in [5.74, 6) is -1.72. The van der Waals surface area contributed by atoms with E-state index in [1.54, 1.807) is 13.2 Å². The maximum Gasteiger partial charge on any atom is 0.536 e. The number of hydrogen-bond acceptors (Lipinski definition) is 3. The summed E-state index contributed by atoms with van der Waals surface area (Å²) >= 11 is 0. The number of hydrogen-bond donors (Lipinski definition) is 0. The Balaban J connectivity index is 2.34. The van der Waals surface area contributed by atoms with E-state index in [0.717, 1.165) is 16.8 Å². The van der Waals surface area contributed by atoms with Crippen molar-refractivity contribution in [2.45, 2.75) is 13.8 Å². The van der Waals surface area contributed by atoms with Gasteiger partial charge in [-0.2, -0.15) is 0 Å². The van der Waals surface area contributed by atoms with Gasteiger partial charge in [-0.3, -0.25) is 0 Å².